The fraction of sp³-hybridized carbons (Fsp3) is 0.647. The molecular formula is C17H28N4O2S. The maximum absolute atomic E-state index is 12.1. The minimum Gasteiger partial charge on any atom is -0.307 e. The molecule has 6 nitrogen and oxygen atoms in total. The molecule has 0 amide bonds. The Hall–Kier alpha value is -1.63. The van der Waals surface area contributed by atoms with E-state index < -0.39 is 10.0 Å². The maximum atomic E-state index is 12.1. The van der Waals surface area contributed by atoms with Gasteiger partial charge >= 0.3 is 0 Å². The number of hydrogen-bond acceptors (Lipinski definition) is 4. The SMILES string of the molecule is CCS(=O)(=O)Nc1cc(C(C)(C)C)nc2c1nc(C)n2C(C)(C)C. The third-order valence-electron chi connectivity index (χ3n) is 3.87. The lowest BCUT2D eigenvalue weighted by atomic mass is 9.91. The normalized spacial score (nSPS) is 13.5. The van der Waals surface area contributed by atoms with Crippen LogP contribution in [0.4, 0.5) is 5.69 Å². The monoisotopic (exact) mass is 352 g/mol. The molecule has 24 heavy (non-hydrogen) atoms. The summed E-state index contributed by atoms with van der Waals surface area (Å²) in [4.78, 5) is 9.41. The Labute approximate surface area is 144 Å². The average Bonchev–Trinajstić information content (AvgIpc) is 2.73. The van der Waals surface area contributed by atoms with Crippen molar-refractivity contribution in [3.63, 3.8) is 0 Å². The van der Waals surface area contributed by atoms with Crippen molar-refractivity contribution in [1.29, 1.82) is 0 Å². The number of aryl methyl sites for hydroxylation is 1. The van der Waals surface area contributed by atoms with E-state index in [0.29, 0.717) is 16.9 Å². The van der Waals surface area contributed by atoms with Crippen LogP contribution in [0.2, 0.25) is 0 Å². The first-order valence-electron chi connectivity index (χ1n) is 8.18. The molecule has 0 spiro atoms. The van der Waals surface area contributed by atoms with Gasteiger partial charge in [-0.05, 0) is 40.7 Å². The topological polar surface area (TPSA) is 76.9 Å². The lowest BCUT2D eigenvalue weighted by molar-refractivity contribution is 0.396. The van der Waals surface area contributed by atoms with Crippen molar-refractivity contribution in [2.24, 2.45) is 0 Å². The molecule has 0 fully saturated rings. The molecule has 0 aliphatic rings. The Morgan fingerprint density at radius 1 is 1.12 bits per heavy atom. The van der Waals surface area contributed by atoms with Gasteiger partial charge in [0.2, 0.25) is 10.0 Å². The van der Waals surface area contributed by atoms with Crippen LogP contribution in [0.1, 0.15) is 60.0 Å². The van der Waals surface area contributed by atoms with Crippen LogP contribution in [-0.4, -0.2) is 28.7 Å². The summed E-state index contributed by atoms with van der Waals surface area (Å²) in [6, 6.07) is 1.80. The second-order valence-corrected chi connectivity index (χ2v) is 10.2. The number of aromatic nitrogens is 3. The molecule has 7 heteroatoms. The first-order chi connectivity index (χ1) is 10.8. The molecule has 0 radical (unpaired) electrons. The molecular weight excluding hydrogens is 324 g/mol. The minimum absolute atomic E-state index is 0.0145. The standard InChI is InChI=1S/C17H28N4O2S/c1-9-24(22,23)20-12-10-13(16(3,4)5)19-15-14(12)18-11(2)21(15)17(6,7)8/h10H,9H2,1-8H3,(H,19,20). The fourth-order valence-electron chi connectivity index (χ4n) is 2.66. The van der Waals surface area contributed by atoms with E-state index in [1.54, 1.807) is 13.0 Å². The summed E-state index contributed by atoms with van der Waals surface area (Å²) in [6.45, 7) is 16.0. The minimum atomic E-state index is -3.39. The van der Waals surface area contributed by atoms with Crippen molar-refractivity contribution in [3.8, 4) is 0 Å². The van der Waals surface area contributed by atoms with Gasteiger partial charge in [-0.3, -0.25) is 4.72 Å². The molecule has 0 unspecified atom stereocenters. The smallest absolute Gasteiger partial charge is 0.232 e. The van der Waals surface area contributed by atoms with Crippen molar-refractivity contribution in [2.75, 3.05) is 10.5 Å². The molecule has 0 saturated heterocycles. The number of rotatable bonds is 3. The molecule has 2 aromatic rings. The van der Waals surface area contributed by atoms with Gasteiger partial charge in [0, 0.05) is 11.0 Å². The van der Waals surface area contributed by atoms with Crippen LogP contribution in [-0.2, 0) is 21.0 Å². The summed E-state index contributed by atoms with van der Waals surface area (Å²) in [7, 11) is -3.39. The Morgan fingerprint density at radius 2 is 1.71 bits per heavy atom. The Kier molecular flexibility index (Phi) is 4.46. The largest absolute Gasteiger partial charge is 0.307 e. The van der Waals surface area contributed by atoms with Gasteiger partial charge in [-0.2, -0.15) is 0 Å². The van der Waals surface area contributed by atoms with E-state index in [0.717, 1.165) is 11.5 Å². The highest BCUT2D eigenvalue weighted by Crippen LogP contribution is 2.32. The highest BCUT2D eigenvalue weighted by atomic mass is 32.2. The highest BCUT2D eigenvalue weighted by Gasteiger charge is 2.26. The van der Waals surface area contributed by atoms with Gasteiger partial charge in [-0.15, -0.1) is 0 Å². The summed E-state index contributed by atoms with van der Waals surface area (Å²) >= 11 is 0. The molecule has 0 aromatic carbocycles. The zero-order valence-corrected chi connectivity index (χ0v) is 16.7. The highest BCUT2D eigenvalue weighted by molar-refractivity contribution is 7.92. The Balaban J connectivity index is 2.86. The molecule has 2 aromatic heterocycles. The first-order valence-corrected chi connectivity index (χ1v) is 9.83. The van der Waals surface area contributed by atoms with Gasteiger partial charge in [-0.25, -0.2) is 18.4 Å². The van der Waals surface area contributed by atoms with E-state index in [9.17, 15) is 8.42 Å². The number of nitrogens with zero attached hydrogens (tertiary/aromatic N) is 3. The van der Waals surface area contributed by atoms with Crippen molar-refractivity contribution in [2.45, 2.75) is 66.3 Å². The van der Waals surface area contributed by atoms with Crippen molar-refractivity contribution < 1.29 is 8.42 Å². The summed E-state index contributed by atoms with van der Waals surface area (Å²) in [5.74, 6) is 0.827. The van der Waals surface area contributed by atoms with Gasteiger partial charge in [0.1, 0.15) is 11.3 Å². The van der Waals surface area contributed by atoms with E-state index in [2.05, 4.69) is 55.8 Å². The van der Waals surface area contributed by atoms with Crippen LogP contribution in [0.5, 0.6) is 0 Å². The molecule has 0 aliphatic heterocycles. The van der Waals surface area contributed by atoms with Crippen LogP contribution < -0.4 is 4.72 Å². The Morgan fingerprint density at radius 3 is 2.17 bits per heavy atom. The zero-order valence-electron chi connectivity index (χ0n) is 15.9. The van der Waals surface area contributed by atoms with Gasteiger partial charge in [-0.1, -0.05) is 20.8 Å². The van der Waals surface area contributed by atoms with Gasteiger partial charge in [0.15, 0.2) is 5.65 Å². The van der Waals surface area contributed by atoms with Crippen LogP contribution >= 0.6 is 0 Å². The predicted molar refractivity (Wildman–Crippen MR) is 99.0 cm³/mol. The predicted octanol–water partition coefficient (Wildman–Crippen LogP) is 3.55. The number of anilines is 1. The molecule has 1 N–H and O–H groups in total. The van der Waals surface area contributed by atoms with Crippen molar-refractivity contribution >= 4 is 26.9 Å². The lowest BCUT2D eigenvalue weighted by Gasteiger charge is -2.25. The fourth-order valence-corrected chi connectivity index (χ4v) is 3.30. The second-order valence-electron chi connectivity index (χ2n) is 8.15. The number of fused-ring (bicyclic) bond motifs is 1. The summed E-state index contributed by atoms with van der Waals surface area (Å²) in [5.41, 5.74) is 2.21. The summed E-state index contributed by atoms with van der Waals surface area (Å²) in [5, 5.41) is 0. The third kappa shape index (κ3) is 3.55. The number of sulfonamides is 1. The molecule has 2 heterocycles. The zero-order chi connectivity index (χ0) is 18.5. The van der Waals surface area contributed by atoms with E-state index in [4.69, 9.17) is 4.98 Å². The average molecular weight is 353 g/mol. The third-order valence-corrected chi connectivity index (χ3v) is 5.16. The Bertz CT molecular complexity index is 869. The number of pyridine rings is 1. The van der Waals surface area contributed by atoms with E-state index >= 15 is 0 Å². The van der Waals surface area contributed by atoms with Gasteiger partial charge in [0.25, 0.3) is 0 Å². The van der Waals surface area contributed by atoms with Crippen molar-refractivity contribution in [3.05, 3.63) is 17.6 Å². The van der Waals surface area contributed by atoms with Crippen LogP contribution in [0.15, 0.2) is 6.07 Å². The molecule has 0 atom stereocenters. The van der Waals surface area contributed by atoms with Crippen LogP contribution in [0.25, 0.3) is 11.2 Å². The lowest BCUT2D eigenvalue weighted by Crippen LogP contribution is -2.24. The quantitative estimate of drug-likeness (QED) is 0.916. The van der Waals surface area contributed by atoms with E-state index in [1.165, 1.54) is 0 Å². The molecule has 2 rings (SSSR count). The van der Waals surface area contributed by atoms with Gasteiger partial charge in [0.05, 0.1) is 17.1 Å². The second kappa shape index (κ2) is 5.72. The van der Waals surface area contributed by atoms with E-state index in [-0.39, 0.29) is 16.7 Å². The summed E-state index contributed by atoms with van der Waals surface area (Å²) < 4.78 is 28.9. The maximum Gasteiger partial charge on any atom is 0.232 e. The van der Waals surface area contributed by atoms with Crippen molar-refractivity contribution in [1.82, 2.24) is 14.5 Å². The molecule has 0 saturated carbocycles. The number of imidazole rings is 1. The molecule has 0 aliphatic carbocycles. The van der Waals surface area contributed by atoms with E-state index in [1.807, 2.05) is 6.92 Å². The van der Waals surface area contributed by atoms with Crippen LogP contribution in [0.3, 0.4) is 0 Å². The first kappa shape index (κ1) is 18.7. The molecule has 134 valence electrons. The molecule has 0 bridgehead atoms. The number of nitrogens with one attached hydrogen (secondary N) is 1. The van der Waals surface area contributed by atoms with Crippen LogP contribution in [0, 0.1) is 6.92 Å². The number of hydrogen-bond donors (Lipinski definition) is 1. The summed E-state index contributed by atoms with van der Waals surface area (Å²) in [6.07, 6.45) is 0. The van der Waals surface area contributed by atoms with Gasteiger partial charge < -0.3 is 4.57 Å².